The first kappa shape index (κ1) is 13.3. The predicted molar refractivity (Wildman–Crippen MR) is 75.7 cm³/mol. The van der Waals surface area contributed by atoms with Crippen LogP contribution in [-0.4, -0.2) is 22.1 Å². The molecule has 0 aliphatic heterocycles. The molecule has 0 aliphatic carbocycles. The standard InChI is InChI=1S/C15H15BO3/c1-17-14-7-11(8-15(9-14)18-2)10-19-13-5-3-12(16)4-6-13/h3-9H,10H2,1-2H3. The van der Waals surface area contributed by atoms with E-state index in [1.165, 1.54) is 0 Å². The Labute approximate surface area is 114 Å². The highest BCUT2D eigenvalue weighted by atomic mass is 16.5. The summed E-state index contributed by atoms with van der Waals surface area (Å²) in [5, 5.41) is 0. The Morgan fingerprint density at radius 1 is 0.842 bits per heavy atom. The van der Waals surface area contributed by atoms with E-state index in [1.807, 2.05) is 42.5 Å². The molecule has 3 nitrogen and oxygen atoms in total. The lowest BCUT2D eigenvalue weighted by Gasteiger charge is -2.10. The van der Waals surface area contributed by atoms with Crippen molar-refractivity contribution in [1.82, 2.24) is 0 Å². The molecule has 2 aromatic carbocycles. The lowest BCUT2D eigenvalue weighted by atomic mass is 9.97. The monoisotopic (exact) mass is 254 g/mol. The van der Waals surface area contributed by atoms with Crippen molar-refractivity contribution in [2.75, 3.05) is 14.2 Å². The van der Waals surface area contributed by atoms with E-state index in [0.29, 0.717) is 6.61 Å². The predicted octanol–water partition coefficient (Wildman–Crippen LogP) is 2.08. The maximum atomic E-state index is 5.68. The minimum Gasteiger partial charge on any atom is -0.497 e. The van der Waals surface area contributed by atoms with Gasteiger partial charge < -0.3 is 14.2 Å². The first-order valence-corrected chi connectivity index (χ1v) is 5.91. The molecule has 0 heterocycles. The molecule has 0 amide bonds. The summed E-state index contributed by atoms with van der Waals surface area (Å²) in [5.41, 5.74) is 1.70. The Morgan fingerprint density at radius 3 is 1.95 bits per heavy atom. The van der Waals surface area contributed by atoms with Gasteiger partial charge >= 0.3 is 0 Å². The van der Waals surface area contributed by atoms with Gasteiger partial charge in [0.05, 0.1) is 14.2 Å². The molecular formula is C15H15BO3. The summed E-state index contributed by atoms with van der Waals surface area (Å²) in [4.78, 5) is 0. The molecular weight excluding hydrogens is 239 g/mol. The summed E-state index contributed by atoms with van der Waals surface area (Å²) in [7, 11) is 8.87. The lowest BCUT2D eigenvalue weighted by Crippen LogP contribution is -2.01. The Hall–Kier alpha value is -2.10. The molecule has 0 saturated carbocycles. The second kappa shape index (κ2) is 6.18. The summed E-state index contributed by atoms with van der Waals surface area (Å²) >= 11 is 0. The van der Waals surface area contributed by atoms with Gasteiger partial charge in [0.25, 0.3) is 0 Å². The number of benzene rings is 2. The molecule has 0 saturated heterocycles. The normalized spacial score (nSPS) is 10.0. The van der Waals surface area contributed by atoms with Gasteiger partial charge in [-0.15, -0.1) is 0 Å². The van der Waals surface area contributed by atoms with Crippen molar-refractivity contribution in [3.05, 3.63) is 48.0 Å². The maximum absolute atomic E-state index is 5.68. The highest BCUT2D eigenvalue weighted by molar-refractivity contribution is 6.32. The van der Waals surface area contributed by atoms with Gasteiger partial charge in [-0.2, -0.15) is 0 Å². The zero-order valence-electron chi connectivity index (χ0n) is 11.1. The zero-order chi connectivity index (χ0) is 13.7. The van der Waals surface area contributed by atoms with Crippen LogP contribution in [0.2, 0.25) is 0 Å². The van der Waals surface area contributed by atoms with Gasteiger partial charge in [0.2, 0.25) is 0 Å². The van der Waals surface area contributed by atoms with Crippen LogP contribution < -0.4 is 19.7 Å². The second-order valence-electron chi connectivity index (χ2n) is 4.08. The molecule has 2 radical (unpaired) electrons. The first-order chi connectivity index (χ1) is 9.21. The Morgan fingerprint density at radius 2 is 1.42 bits per heavy atom. The van der Waals surface area contributed by atoms with E-state index in [2.05, 4.69) is 0 Å². The van der Waals surface area contributed by atoms with Crippen LogP contribution in [0.1, 0.15) is 5.56 Å². The number of hydrogen-bond acceptors (Lipinski definition) is 3. The van der Waals surface area contributed by atoms with E-state index in [-0.39, 0.29) is 0 Å². The zero-order valence-corrected chi connectivity index (χ0v) is 11.1. The van der Waals surface area contributed by atoms with Gasteiger partial charge in [-0.25, -0.2) is 0 Å². The highest BCUT2D eigenvalue weighted by Crippen LogP contribution is 2.23. The number of hydrogen-bond donors (Lipinski definition) is 0. The topological polar surface area (TPSA) is 27.7 Å². The molecule has 96 valence electrons. The molecule has 0 fully saturated rings. The van der Waals surface area contributed by atoms with E-state index in [4.69, 9.17) is 22.1 Å². The van der Waals surface area contributed by atoms with Crippen molar-refractivity contribution in [3.8, 4) is 17.2 Å². The first-order valence-electron chi connectivity index (χ1n) is 5.91. The largest absolute Gasteiger partial charge is 0.497 e. The average Bonchev–Trinajstić information content (AvgIpc) is 2.46. The van der Waals surface area contributed by atoms with Gasteiger partial charge in [0.15, 0.2) is 0 Å². The molecule has 0 N–H and O–H groups in total. The average molecular weight is 254 g/mol. The van der Waals surface area contributed by atoms with E-state index in [9.17, 15) is 0 Å². The quantitative estimate of drug-likeness (QED) is 0.764. The molecule has 0 bridgehead atoms. The molecule has 0 unspecified atom stereocenters. The Balaban J connectivity index is 2.08. The second-order valence-corrected chi connectivity index (χ2v) is 4.08. The molecule has 0 aromatic heterocycles. The summed E-state index contributed by atoms with van der Waals surface area (Å²) in [6.07, 6.45) is 0. The Bertz CT molecular complexity index is 515. The lowest BCUT2D eigenvalue weighted by molar-refractivity contribution is 0.304. The van der Waals surface area contributed by atoms with Crippen molar-refractivity contribution < 1.29 is 14.2 Å². The summed E-state index contributed by atoms with van der Waals surface area (Å²) in [6.45, 7) is 0.442. The molecule has 0 spiro atoms. The van der Waals surface area contributed by atoms with Crippen molar-refractivity contribution in [3.63, 3.8) is 0 Å². The van der Waals surface area contributed by atoms with E-state index in [1.54, 1.807) is 14.2 Å². The van der Waals surface area contributed by atoms with Gasteiger partial charge in [-0.1, -0.05) is 17.6 Å². The highest BCUT2D eigenvalue weighted by Gasteiger charge is 2.03. The van der Waals surface area contributed by atoms with Crippen LogP contribution in [-0.2, 0) is 6.61 Å². The summed E-state index contributed by atoms with van der Waals surface area (Å²) in [5.74, 6) is 2.27. The van der Waals surface area contributed by atoms with Crippen LogP contribution >= 0.6 is 0 Å². The van der Waals surface area contributed by atoms with Crippen LogP contribution in [0.3, 0.4) is 0 Å². The molecule has 2 rings (SSSR count). The third-order valence-electron chi connectivity index (χ3n) is 2.70. The van der Waals surface area contributed by atoms with E-state index < -0.39 is 0 Å². The maximum Gasteiger partial charge on any atom is 0.122 e. The van der Waals surface area contributed by atoms with E-state index in [0.717, 1.165) is 28.3 Å². The van der Waals surface area contributed by atoms with Crippen LogP contribution in [0.15, 0.2) is 42.5 Å². The van der Waals surface area contributed by atoms with Crippen LogP contribution in [0.25, 0.3) is 0 Å². The third kappa shape index (κ3) is 3.68. The number of ether oxygens (including phenoxy) is 3. The van der Waals surface area contributed by atoms with Gasteiger partial charge in [0.1, 0.15) is 31.7 Å². The van der Waals surface area contributed by atoms with Crippen LogP contribution in [0, 0.1) is 0 Å². The van der Waals surface area contributed by atoms with Gasteiger partial charge in [-0.3, -0.25) is 0 Å². The van der Waals surface area contributed by atoms with Crippen LogP contribution in [0.4, 0.5) is 0 Å². The van der Waals surface area contributed by atoms with Crippen molar-refractivity contribution >= 4 is 13.3 Å². The number of rotatable bonds is 5. The fourth-order valence-electron chi connectivity index (χ4n) is 1.68. The molecule has 0 aliphatic rings. The third-order valence-corrected chi connectivity index (χ3v) is 2.70. The minimum atomic E-state index is 0.442. The minimum absolute atomic E-state index is 0.442. The summed E-state index contributed by atoms with van der Waals surface area (Å²) in [6, 6.07) is 13.0. The SMILES string of the molecule is [B]c1ccc(OCc2cc(OC)cc(OC)c2)cc1. The molecule has 2 aromatic rings. The summed E-state index contributed by atoms with van der Waals surface area (Å²) < 4.78 is 16.1. The Kier molecular flexibility index (Phi) is 4.34. The van der Waals surface area contributed by atoms with Crippen molar-refractivity contribution in [1.29, 1.82) is 0 Å². The fourth-order valence-corrected chi connectivity index (χ4v) is 1.68. The van der Waals surface area contributed by atoms with Crippen LogP contribution in [0.5, 0.6) is 17.2 Å². The molecule has 19 heavy (non-hydrogen) atoms. The van der Waals surface area contributed by atoms with Crippen molar-refractivity contribution in [2.45, 2.75) is 6.61 Å². The fraction of sp³-hybridized carbons (Fsp3) is 0.200. The number of methoxy groups -OCH3 is 2. The van der Waals surface area contributed by atoms with Gasteiger partial charge in [-0.05, 0) is 29.8 Å². The van der Waals surface area contributed by atoms with Gasteiger partial charge in [0, 0.05) is 6.07 Å². The van der Waals surface area contributed by atoms with Crippen molar-refractivity contribution in [2.24, 2.45) is 0 Å². The molecule has 4 heteroatoms. The molecule has 0 atom stereocenters. The smallest absolute Gasteiger partial charge is 0.122 e. The van der Waals surface area contributed by atoms with E-state index >= 15 is 0 Å².